The number of Topliss-reactive ketones (excluding diaryl/α,β-unsaturated/α-hetero) is 2. The molecule has 1 aliphatic heterocycles. The number of ketones is 2. The summed E-state index contributed by atoms with van der Waals surface area (Å²) in [7, 11) is 0. The van der Waals surface area contributed by atoms with E-state index < -0.39 is 6.67 Å². The van der Waals surface area contributed by atoms with Crippen LogP contribution in [0.15, 0.2) is 66.5 Å². The Morgan fingerprint density at radius 1 is 0.847 bits per heavy atom. The zero-order valence-corrected chi connectivity index (χ0v) is 47.3. The van der Waals surface area contributed by atoms with E-state index in [1.165, 1.54) is 70.6 Å². The van der Waals surface area contributed by atoms with Gasteiger partial charge in [-0.3, -0.25) is 34.1 Å². The second-order valence-electron chi connectivity index (χ2n) is 19.1. The van der Waals surface area contributed by atoms with Crippen molar-refractivity contribution in [1.29, 1.82) is 0 Å². The Bertz CT molecular complexity index is 2050. The van der Waals surface area contributed by atoms with Gasteiger partial charge >= 0.3 is 0 Å². The third-order valence-corrected chi connectivity index (χ3v) is 14.9. The molecule has 2 unspecified atom stereocenters. The normalized spacial score (nSPS) is 16.1. The fourth-order valence-electron chi connectivity index (χ4n) is 8.58. The van der Waals surface area contributed by atoms with Gasteiger partial charge in [0.1, 0.15) is 11.7 Å². The van der Waals surface area contributed by atoms with E-state index in [1.54, 1.807) is 31.3 Å². The van der Waals surface area contributed by atoms with Crippen LogP contribution in [0, 0.1) is 11.3 Å². The van der Waals surface area contributed by atoms with E-state index in [4.69, 9.17) is 28.9 Å². The molecule has 0 saturated carbocycles. The number of unbranched alkanes of at least 4 members (excludes halogenated alkanes) is 7. The average Bonchev–Trinajstić information content (AvgIpc) is 3.34. The summed E-state index contributed by atoms with van der Waals surface area (Å²) in [6, 6.07) is 4.90. The van der Waals surface area contributed by atoms with Crippen molar-refractivity contribution < 1.29 is 33.2 Å². The zero-order chi connectivity index (χ0) is 53.9. The topological polar surface area (TPSA) is 177 Å². The van der Waals surface area contributed by atoms with Crippen LogP contribution in [0.1, 0.15) is 224 Å². The number of aliphatic imine (C=N–C) groups is 1. The molecule has 1 aliphatic carbocycles. The summed E-state index contributed by atoms with van der Waals surface area (Å²) < 4.78 is 13.0. The van der Waals surface area contributed by atoms with Crippen molar-refractivity contribution in [2.45, 2.75) is 203 Å². The Balaban J connectivity index is 0.000000663. The largest absolute Gasteiger partial charge is 0.356 e. The van der Waals surface area contributed by atoms with E-state index in [0.29, 0.717) is 64.1 Å². The van der Waals surface area contributed by atoms with Crippen molar-refractivity contribution in [2.75, 3.05) is 25.1 Å². The van der Waals surface area contributed by atoms with Crippen LogP contribution in [-0.2, 0) is 19.2 Å². The number of amides is 4. The molecule has 1 saturated heterocycles. The standard InChI is InChI=1S/C33H55N3O4.C16H20Cl2FNS.C8H13NO2/c1-5-7-8-13-22-33(25-34,21-6-2)23-14-9-11-19-30(39)35-24-15-10-12-20-31(40)36-29-18-16-17-28(26(3)37)32(29)27(4)38;1-4-6-11(2)10-20-16(12(3)9-19)21-14-8-5-7-13(17)15(14)18;1-2-3-6-4-5-7(10)9-8(6)11/h16-18H,5-15,19-25,34H2,1-4H3,(H,35,39)(H,36,40);6,8,10H,4-5,7,9H2,1-3H3;6H,2-5H2,1H3,(H,9,10,11)/b;11-6-,16-12-,20-10-;. The third kappa shape index (κ3) is 26.9. The maximum Gasteiger partial charge on any atom is 0.229 e. The summed E-state index contributed by atoms with van der Waals surface area (Å²) in [5.74, 6) is -0.682. The molecule has 15 heteroatoms. The molecule has 72 heavy (non-hydrogen) atoms. The van der Waals surface area contributed by atoms with Crippen LogP contribution in [0.5, 0.6) is 0 Å². The number of nitrogens with zero attached hydrogens (tertiary/aromatic N) is 1. The first kappa shape index (κ1) is 66.1. The Kier molecular flexibility index (Phi) is 35.5. The molecule has 3 rings (SSSR count). The van der Waals surface area contributed by atoms with E-state index >= 15 is 0 Å². The molecule has 1 aromatic carbocycles. The van der Waals surface area contributed by atoms with Crippen LogP contribution in [0.25, 0.3) is 0 Å². The number of nitrogens with two attached hydrogens (primary N) is 1. The minimum atomic E-state index is -0.529. The number of thioether (sulfide) groups is 1. The smallest absolute Gasteiger partial charge is 0.229 e. The van der Waals surface area contributed by atoms with Crippen LogP contribution in [-0.4, -0.2) is 61.2 Å². The Labute approximate surface area is 446 Å². The quantitative estimate of drug-likeness (QED) is 0.0246. The molecule has 1 aromatic rings. The highest BCUT2D eigenvalue weighted by Crippen LogP contribution is 2.41. The van der Waals surface area contributed by atoms with E-state index in [2.05, 4.69) is 47.8 Å². The number of anilines is 1. The van der Waals surface area contributed by atoms with E-state index in [1.807, 2.05) is 19.9 Å². The van der Waals surface area contributed by atoms with Crippen molar-refractivity contribution in [3.8, 4) is 0 Å². The molecule has 1 fully saturated rings. The molecule has 0 radical (unpaired) electrons. The zero-order valence-electron chi connectivity index (χ0n) is 44.9. The molecule has 0 aromatic heterocycles. The number of benzene rings is 1. The number of imide groups is 1. The number of hydrogen-bond acceptors (Lipinski definition) is 9. The van der Waals surface area contributed by atoms with Crippen molar-refractivity contribution in [3.63, 3.8) is 0 Å². The Hall–Kier alpha value is -3.91. The maximum atomic E-state index is 13.0. The summed E-state index contributed by atoms with van der Waals surface area (Å²) in [6.07, 6.45) is 27.7. The minimum absolute atomic E-state index is 0.0805. The molecule has 0 bridgehead atoms. The molecule has 1 heterocycles. The third-order valence-electron chi connectivity index (χ3n) is 12.7. The van der Waals surface area contributed by atoms with Crippen molar-refractivity contribution in [1.82, 2.24) is 10.6 Å². The van der Waals surface area contributed by atoms with Gasteiger partial charge in [0.25, 0.3) is 0 Å². The molecule has 404 valence electrons. The van der Waals surface area contributed by atoms with E-state index in [-0.39, 0.29) is 52.1 Å². The predicted molar refractivity (Wildman–Crippen MR) is 300 cm³/mol. The van der Waals surface area contributed by atoms with Gasteiger partial charge in [0.2, 0.25) is 23.6 Å². The highest BCUT2D eigenvalue weighted by atomic mass is 35.5. The second-order valence-corrected chi connectivity index (χ2v) is 20.9. The first-order valence-corrected chi connectivity index (χ1v) is 28.1. The molecule has 5 N–H and O–H groups in total. The molecular formula is C57H88Cl2FN5O6S. The number of alkyl halides is 1. The summed E-state index contributed by atoms with van der Waals surface area (Å²) in [6.45, 7) is 16.0. The number of carbonyl (C=O) groups is 6. The highest BCUT2D eigenvalue weighted by Gasteiger charge is 2.27. The Morgan fingerprint density at radius 3 is 2.10 bits per heavy atom. The Morgan fingerprint density at radius 2 is 1.51 bits per heavy atom. The van der Waals surface area contributed by atoms with Gasteiger partial charge in [0.05, 0.1) is 16.3 Å². The van der Waals surface area contributed by atoms with Gasteiger partial charge in [0, 0.05) is 53.4 Å². The SMILES string of the molecule is CCCC1CCC(=O)NC1=O.CCCCCCC(CN)(CCC)CCCCCC(=O)NCCCCCC(=O)Nc1cccc(C(C)=O)c1C(C)=O.CC\C=C(C)/C=N\C(SC1=CCCC(Cl)=C1Cl)=C(/C)CF. The van der Waals surface area contributed by atoms with Crippen molar-refractivity contribution in [3.05, 3.63) is 72.6 Å². The summed E-state index contributed by atoms with van der Waals surface area (Å²) in [5, 5.41) is 9.95. The van der Waals surface area contributed by atoms with Gasteiger partial charge < -0.3 is 16.4 Å². The summed E-state index contributed by atoms with van der Waals surface area (Å²) >= 11 is 13.7. The van der Waals surface area contributed by atoms with Gasteiger partial charge in [-0.25, -0.2) is 9.38 Å². The fourth-order valence-corrected chi connectivity index (χ4v) is 10.1. The number of nitrogens with one attached hydrogen (secondary N) is 3. The monoisotopic (exact) mass is 1060 g/mol. The number of halogens is 3. The first-order valence-electron chi connectivity index (χ1n) is 26.6. The average molecular weight is 1060 g/mol. The lowest BCUT2D eigenvalue weighted by Gasteiger charge is -2.33. The van der Waals surface area contributed by atoms with Gasteiger partial charge in [-0.05, 0) is 127 Å². The van der Waals surface area contributed by atoms with Gasteiger partial charge in [-0.2, -0.15) is 0 Å². The predicted octanol–water partition coefficient (Wildman–Crippen LogP) is 14.9. The first-order chi connectivity index (χ1) is 34.4. The van der Waals surface area contributed by atoms with E-state index in [9.17, 15) is 33.2 Å². The molecule has 2 atom stereocenters. The number of carbonyl (C=O) groups excluding carboxylic acids is 6. The summed E-state index contributed by atoms with van der Waals surface area (Å²) in [4.78, 5) is 75.5. The molecule has 11 nitrogen and oxygen atoms in total. The molecule has 2 aliphatic rings. The number of rotatable bonds is 31. The van der Waals surface area contributed by atoms with Gasteiger partial charge in [0.15, 0.2) is 11.6 Å². The van der Waals surface area contributed by atoms with Crippen molar-refractivity contribution in [2.24, 2.45) is 22.1 Å². The van der Waals surface area contributed by atoms with Crippen molar-refractivity contribution >= 4 is 82.1 Å². The lowest BCUT2D eigenvalue weighted by Crippen LogP contribution is -2.40. The minimum Gasteiger partial charge on any atom is -0.356 e. The van der Waals surface area contributed by atoms with Crippen LogP contribution < -0.4 is 21.7 Å². The van der Waals surface area contributed by atoms with Gasteiger partial charge in [-0.15, -0.1) is 0 Å². The number of allylic oxidation sites excluding steroid dienone is 6. The number of piperidine rings is 1. The molecule has 0 spiro atoms. The van der Waals surface area contributed by atoms with Crippen LogP contribution >= 0.6 is 35.0 Å². The highest BCUT2D eigenvalue weighted by molar-refractivity contribution is 8.07. The van der Waals surface area contributed by atoms with Crippen LogP contribution in [0.3, 0.4) is 0 Å². The second kappa shape index (κ2) is 38.6. The van der Waals surface area contributed by atoms with Gasteiger partial charge in [-0.1, -0.05) is 145 Å². The number of hydrogen-bond donors (Lipinski definition) is 4. The molecular weight excluding hydrogens is 973 g/mol. The summed E-state index contributed by atoms with van der Waals surface area (Å²) in [5.41, 5.74) is 9.11. The molecule has 4 amide bonds. The van der Waals surface area contributed by atoms with Crippen LogP contribution in [0.2, 0.25) is 0 Å². The lowest BCUT2D eigenvalue weighted by molar-refractivity contribution is -0.136. The van der Waals surface area contributed by atoms with E-state index in [0.717, 1.165) is 94.1 Å². The maximum absolute atomic E-state index is 13.0. The fraction of sp³-hybridized carbons (Fsp3) is 0.632. The van der Waals surface area contributed by atoms with Crippen LogP contribution in [0.4, 0.5) is 10.1 Å². The lowest BCUT2D eigenvalue weighted by atomic mass is 9.74.